The van der Waals surface area contributed by atoms with Crippen molar-refractivity contribution in [1.82, 2.24) is 25.4 Å². The quantitative estimate of drug-likeness (QED) is 0.502. The molecule has 1 saturated heterocycles. The zero-order valence-electron chi connectivity index (χ0n) is 16.6. The normalized spacial score (nSPS) is 16.8. The highest BCUT2D eigenvalue weighted by molar-refractivity contribution is 9.10. The van der Waals surface area contributed by atoms with Gasteiger partial charge in [-0.25, -0.2) is 0 Å². The predicted octanol–water partition coefficient (Wildman–Crippen LogP) is 2.52. The van der Waals surface area contributed by atoms with E-state index in [1.807, 2.05) is 7.05 Å². The summed E-state index contributed by atoms with van der Waals surface area (Å²) >= 11 is 3.54. The van der Waals surface area contributed by atoms with Crippen LogP contribution in [0.5, 0.6) is 0 Å². The Morgan fingerprint density at radius 2 is 2.00 bits per heavy atom. The van der Waals surface area contributed by atoms with E-state index in [-0.39, 0.29) is 5.41 Å². The van der Waals surface area contributed by atoms with E-state index >= 15 is 0 Å². The summed E-state index contributed by atoms with van der Waals surface area (Å²) in [7, 11) is 1.81. The van der Waals surface area contributed by atoms with Gasteiger partial charge in [0.2, 0.25) is 0 Å². The molecule has 1 fully saturated rings. The average molecular weight is 449 g/mol. The van der Waals surface area contributed by atoms with Crippen molar-refractivity contribution >= 4 is 21.9 Å². The van der Waals surface area contributed by atoms with Crippen LogP contribution in [0.4, 0.5) is 0 Å². The fourth-order valence-corrected chi connectivity index (χ4v) is 3.91. The fourth-order valence-electron chi connectivity index (χ4n) is 3.64. The Labute approximate surface area is 175 Å². The second kappa shape index (κ2) is 10.0. The van der Waals surface area contributed by atoms with Gasteiger partial charge >= 0.3 is 0 Å². The Bertz CT molecular complexity index is 767. The molecule has 1 aliphatic rings. The molecule has 2 N–H and O–H groups in total. The Kier molecular flexibility index (Phi) is 7.44. The molecule has 2 heterocycles. The molecule has 2 aromatic rings. The van der Waals surface area contributed by atoms with Crippen LogP contribution >= 0.6 is 15.9 Å². The van der Waals surface area contributed by atoms with Crippen molar-refractivity contribution in [2.75, 3.05) is 33.4 Å². The van der Waals surface area contributed by atoms with Gasteiger partial charge < -0.3 is 19.9 Å². The number of nitrogens with zero attached hydrogens (tertiary/aromatic N) is 4. The van der Waals surface area contributed by atoms with E-state index in [0.29, 0.717) is 0 Å². The van der Waals surface area contributed by atoms with Crippen molar-refractivity contribution in [3.63, 3.8) is 0 Å². The first-order valence-electron chi connectivity index (χ1n) is 9.82. The molecule has 0 aliphatic carbocycles. The van der Waals surface area contributed by atoms with Crippen LogP contribution in [0.3, 0.4) is 0 Å². The number of rotatable bonds is 7. The average Bonchev–Trinajstić information content (AvgIpc) is 3.19. The third kappa shape index (κ3) is 5.11. The van der Waals surface area contributed by atoms with E-state index in [9.17, 15) is 0 Å². The van der Waals surface area contributed by atoms with Crippen molar-refractivity contribution in [1.29, 1.82) is 0 Å². The standard InChI is InChI=1S/C20H29BrN6O/c1-3-18-26-25-15-27(18)11-10-23-19(22-2)24-14-20(8-12-28-13-9-20)16-4-6-17(21)7-5-16/h4-7,15H,3,8-14H2,1-2H3,(H2,22,23,24). The molecule has 7 nitrogen and oxygen atoms in total. The van der Waals surface area contributed by atoms with Crippen molar-refractivity contribution in [3.05, 3.63) is 46.5 Å². The summed E-state index contributed by atoms with van der Waals surface area (Å²) in [6.07, 6.45) is 4.66. The van der Waals surface area contributed by atoms with E-state index in [1.165, 1.54) is 5.56 Å². The predicted molar refractivity (Wildman–Crippen MR) is 115 cm³/mol. The molecule has 1 aromatic carbocycles. The first kappa shape index (κ1) is 20.8. The number of aryl methyl sites for hydroxylation is 1. The molecule has 0 unspecified atom stereocenters. The lowest BCUT2D eigenvalue weighted by Gasteiger charge is -2.38. The minimum atomic E-state index is 0.0558. The number of aromatic nitrogens is 3. The third-order valence-electron chi connectivity index (χ3n) is 5.38. The van der Waals surface area contributed by atoms with Crippen molar-refractivity contribution in [3.8, 4) is 0 Å². The van der Waals surface area contributed by atoms with E-state index in [0.717, 1.165) is 68.4 Å². The van der Waals surface area contributed by atoms with Gasteiger partial charge in [-0.05, 0) is 30.5 Å². The molecule has 0 bridgehead atoms. The minimum absolute atomic E-state index is 0.0558. The zero-order valence-corrected chi connectivity index (χ0v) is 18.2. The number of ether oxygens (including phenoxy) is 1. The van der Waals surface area contributed by atoms with Crippen molar-refractivity contribution in [2.24, 2.45) is 4.99 Å². The Hall–Kier alpha value is -1.93. The van der Waals surface area contributed by atoms with Crippen molar-refractivity contribution in [2.45, 2.75) is 38.1 Å². The Balaban J connectivity index is 1.59. The molecule has 28 heavy (non-hydrogen) atoms. The number of hydrogen-bond acceptors (Lipinski definition) is 4. The summed E-state index contributed by atoms with van der Waals surface area (Å²) in [6, 6.07) is 8.66. The highest BCUT2D eigenvalue weighted by Crippen LogP contribution is 2.34. The molecule has 0 spiro atoms. The van der Waals surface area contributed by atoms with Crippen LogP contribution in [0.2, 0.25) is 0 Å². The second-order valence-corrected chi connectivity index (χ2v) is 7.96. The number of benzene rings is 1. The summed E-state index contributed by atoms with van der Waals surface area (Å²) in [6.45, 7) is 6.06. The van der Waals surface area contributed by atoms with E-state index in [4.69, 9.17) is 4.74 Å². The number of nitrogens with one attached hydrogen (secondary N) is 2. The number of aliphatic imine (C=N–C) groups is 1. The van der Waals surface area contributed by atoms with E-state index in [1.54, 1.807) is 6.33 Å². The summed E-state index contributed by atoms with van der Waals surface area (Å²) in [4.78, 5) is 4.39. The Morgan fingerprint density at radius 3 is 2.68 bits per heavy atom. The highest BCUT2D eigenvalue weighted by atomic mass is 79.9. The van der Waals surface area contributed by atoms with Crippen LogP contribution < -0.4 is 10.6 Å². The van der Waals surface area contributed by atoms with Crippen LogP contribution in [-0.4, -0.2) is 54.1 Å². The molecule has 0 radical (unpaired) electrons. The van der Waals surface area contributed by atoms with Gasteiger partial charge in [0.25, 0.3) is 0 Å². The first-order valence-corrected chi connectivity index (χ1v) is 10.6. The van der Waals surface area contributed by atoms with Gasteiger partial charge in [-0.15, -0.1) is 10.2 Å². The van der Waals surface area contributed by atoms with E-state index < -0.39 is 0 Å². The maximum Gasteiger partial charge on any atom is 0.191 e. The molecule has 8 heteroatoms. The maximum atomic E-state index is 5.63. The molecule has 1 aromatic heterocycles. The number of guanidine groups is 1. The topological polar surface area (TPSA) is 76.4 Å². The van der Waals surface area contributed by atoms with Gasteiger partial charge in [-0.3, -0.25) is 4.99 Å². The lowest BCUT2D eigenvalue weighted by molar-refractivity contribution is 0.0514. The molecule has 0 saturated carbocycles. The van der Waals surface area contributed by atoms with Crippen LogP contribution in [-0.2, 0) is 23.1 Å². The summed E-state index contributed by atoms with van der Waals surface area (Å²) < 4.78 is 8.81. The van der Waals surface area contributed by atoms with Gasteiger partial charge in [0.15, 0.2) is 5.96 Å². The SMILES string of the molecule is CCc1nncn1CCNC(=NC)NCC1(c2ccc(Br)cc2)CCOCC1. The molecule has 1 aliphatic heterocycles. The highest BCUT2D eigenvalue weighted by Gasteiger charge is 2.34. The minimum Gasteiger partial charge on any atom is -0.381 e. The number of halogens is 1. The first-order chi connectivity index (χ1) is 13.7. The molecular formula is C20H29BrN6O. The third-order valence-corrected chi connectivity index (χ3v) is 5.91. The Morgan fingerprint density at radius 1 is 1.25 bits per heavy atom. The lowest BCUT2D eigenvalue weighted by Crippen LogP contribution is -2.48. The summed E-state index contributed by atoms with van der Waals surface area (Å²) in [5.41, 5.74) is 1.40. The zero-order chi connectivity index (χ0) is 19.8. The summed E-state index contributed by atoms with van der Waals surface area (Å²) in [5.74, 6) is 1.82. The van der Waals surface area contributed by atoms with Gasteiger partial charge in [0, 0.05) is 56.2 Å². The van der Waals surface area contributed by atoms with Gasteiger partial charge in [-0.1, -0.05) is 35.0 Å². The van der Waals surface area contributed by atoms with Crippen molar-refractivity contribution < 1.29 is 4.74 Å². The number of hydrogen-bond donors (Lipinski definition) is 2. The second-order valence-electron chi connectivity index (χ2n) is 7.05. The molecule has 0 atom stereocenters. The van der Waals surface area contributed by atoms with Crippen LogP contribution in [0.1, 0.15) is 31.2 Å². The van der Waals surface area contributed by atoms with Crippen LogP contribution in [0, 0.1) is 0 Å². The lowest BCUT2D eigenvalue weighted by atomic mass is 9.74. The van der Waals surface area contributed by atoms with Gasteiger partial charge in [0.05, 0.1) is 0 Å². The van der Waals surface area contributed by atoms with Gasteiger partial charge in [-0.2, -0.15) is 0 Å². The van der Waals surface area contributed by atoms with Crippen LogP contribution in [0.25, 0.3) is 0 Å². The molecule has 152 valence electrons. The monoisotopic (exact) mass is 448 g/mol. The smallest absolute Gasteiger partial charge is 0.191 e. The van der Waals surface area contributed by atoms with Gasteiger partial charge in [0.1, 0.15) is 12.2 Å². The summed E-state index contributed by atoms with van der Waals surface area (Å²) in [5, 5.41) is 15.0. The fraction of sp³-hybridized carbons (Fsp3) is 0.550. The molecule has 0 amide bonds. The van der Waals surface area contributed by atoms with Crippen LogP contribution in [0.15, 0.2) is 40.1 Å². The maximum absolute atomic E-state index is 5.63. The van der Waals surface area contributed by atoms with E-state index in [2.05, 4.69) is 77.5 Å². The molecule has 3 rings (SSSR count). The molecular weight excluding hydrogens is 420 g/mol. The largest absolute Gasteiger partial charge is 0.381 e.